The fourth-order valence-corrected chi connectivity index (χ4v) is 5.12. The van der Waals surface area contributed by atoms with E-state index in [2.05, 4.69) is 38.2 Å². The molecule has 0 aliphatic heterocycles. The molecular formula is C28H34N2O3S. The Morgan fingerprint density at radius 3 is 2.09 bits per heavy atom. The zero-order valence-corrected chi connectivity index (χ0v) is 21.6. The molecule has 1 amide bonds. The molecule has 0 saturated heterocycles. The van der Waals surface area contributed by atoms with Crippen LogP contribution in [0.25, 0.3) is 0 Å². The standard InChI is InChI=1S/C28H34N2O3S/c1-20-10-16-26(17-11-20)34(32,33)30(25-9-7-8-21(2)18-25)19-27(31)29-22(3)23-12-14-24(15-13-23)28(4,5)6/h7-18,22H,19H2,1-6H3,(H,29,31)/t22-/m0/s1. The van der Waals surface area contributed by atoms with Gasteiger partial charge < -0.3 is 5.32 Å². The predicted octanol–water partition coefficient (Wildman–Crippen LogP) is 5.67. The third kappa shape index (κ3) is 6.06. The van der Waals surface area contributed by atoms with Crippen LogP contribution in [0.3, 0.4) is 0 Å². The number of hydrogen-bond donors (Lipinski definition) is 1. The van der Waals surface area contributed by atoms with Crippen molar-refractivity contribution in [3.05, 3.63) is 95.1 Å². The Morgan fingerprint density at radius 1 is 0.912 bits per heavy atom. The number of benzene rings is 3. The minimum Gasteiger partial charge on any atom is -0.348 e. The minimum atomic E-state index is -3.93. The quantitative estimate of drug-likeness (QED) is 0.475. The van der Waals surface area contributed by atoms with Crippen molar-refractivity contribution in [2.24, 2.45) is 0 Å². The fraction of sp³-hybridized carbons (Fsp3) is 0.321. The first kappa shape index (κ1) is 25.5. The summed E-state index contributed by atoms with van der Waals surface area (Å²) in [5, 5.41) is 2.96. The van der Waals surface area contributed by atoms with E-state index in [1.807, 2.05) is 39.0 Å². The number of sulfonamides is 1. The van der Waals surface area contributed by atoms with Crippen molar-refractivity contribution in [1.82, 2.24) is 5.32 Å². The van der Waals surface area contributed by atoms with Gasteiger partial charge in [-0.3, -0.25) is 9.10 Å². The van der Waals surface area contributed by atoms with Crippen molar-refractivity contribution in [1.29, 1.82) is 0 Å². The first-order valence-electron chi connectivity index (χ1n) is 11.4. The maximum Gasteiger partial charge on any atom is 0.264 e. The normalized spacial score (nSPS) is 12.8. The van der Waals surface area contributed by atoms with Crippen LogP contribution in [-0.4, -0.2) is 20.9 Å². The molecule has 0 radical (unpaired) electrons. The van der Waals surface area contributed by atoms with Crippen molar-refractivity contribution in [3.8, 4) is 0 Å². The third-order valence-electron chi connectivity index (χ3n) is 5.84. The van der Waals surface area contributed by atoms with Gasteiger partial charge >= 0.3 is 0 Å². The molecule has 0 spiro atoms. The summed E-state index contributed by atoms with van der Waals surface area (Å²) in [5.74, 6) is -0.371. The molecule has 1 atom stereocenters. The van der Waals surface area contributed by atoms with Crippen LogP contribution in [0, 0.1) is 13.8 Å². The van der Waals surface area contributed by atoms with Gasteiger partial charge in [-0.15, -0.1) is 0 Å². The Hall–Kier alpha value is -3.12. The third-order valence-corrected chi connectivity index (χ3v) is 7.63. The summed E-state index contributed by atoms with van der Waals surface area (Å²) in [7, 11) is -3.93. The number of nitrogens with zero attached hydrogens (tertiary/aromatic N) is 1. The zero-order chi connectivity index (χ0) is 25.1. The van der Waals surface area contributed by atoms with Gasteiger partial charge in [-0.25, -0.2) is 8.42 Å². The second-order valence-electron chi connectivity index (χ2n) is 9.82. The number of rotatable bonds is 7. The van der Waals surface area contributed by atoms with Crippen LogP contribution in [0.5, 0.6) is 0 Å². The second-order valence-corrected chi connectivity index (χ2v) is 11.7. The van der Waals surface area contributed by atoms with Crippen molar-refractivity contribution >= 4 is 21.6 Å². The Labute approximate surface area is 203 Å². The van der Waals surface area contributed by atoms with Crippen molar-refractivity contribution in [3.63, 3.8) is 0 Å². The largest absolute Gasteiger partial charge is 0.348 e. The Kier molecular flexibility index (Phi) is 7.51. The first-order valence-corrected chi connectivity index (χ1v) is 12.9. The number of carbonyl (C=O) groups excluding carboxylic acids is 1. The molecule has 5 nitrogen and oxygen atoms in total. The molecule has 1 N–H and O–H groups in total. The van der Waals surface area contributed by atoms with Crippen LogP contribution in [0.15, 0.2) is 77.7 Å². The van der Waals surface area contributed by atoms with Crippen LogP contribution in [0.2, 0.25) is 0 Å². The van der Waals surface area contributed by atoms with E-state index in [0.717, 1.165) is 16.7 Å². The average molecular weight is 479 g/mol. The lowest BCUT2D eigenvalue weighted by atomic mass is 9.86. The van der Waals surface area contributed by atoms with Gasteiger partial charge in [0.1, 0.15) is 6.54 Å². The molecule has 0 aliphatic carbocycles. The lowest BCUT2D eigenvalue weighted by Crippen LogP contribution is -2.41. The molecule has 34 heavy (non-hydrogen) atoms. The molecule has 0 saturated carbocycles. The van der Waals surface area contributed by atoms with Gasteiger partial charge in [0.15, 0.2) is 0 Å². The van der Waals surface area contributed by atoms with Gasteiger partial charge in [0.05, 0.1) is 16.6 Å². The van der Waals surface area contributed by atoms with Gasteiger partial charge in [-0.1, -0.05) is 74.9 Å². The molecule has 0 aromatic heterocycles. The van der Waals surface area contributed by atoms with E-state index in [0.29, 0.717) is 5.69 Å². The summed E-state index contributed by atoms with van der Waals surface area (Å²) in [5.41, 5.74) is 4.55. The van der Waals surface area contributed by atoms with Gasteiger partial charge in [-0.05, 0) is 67.1 Å². The van der Waals surface area contributed by atoms with Gasteiger partial charge in [0.25, 0.3) is 10.0 Å². The van der Waals surface area contributed by atoms with Crippen molar-refractivity contribution in [2.45, 2.75) is 57.9 Å². The molecule has 180 valence electrons. The van der Waals surface area contributed by atoms with Crippen molar-refractivity contribution in [2.75, 3.05) is 10.8 Å². The predicted molar refractivity (Wildman–Crippen MR) is 139 cm³/mol. The zero-order valence-electron chi connectivity index (χ0n) is 20.8. The number of hydrogen-bond acceptors (Lipinski definition) is 3. The lowest BCUT2D eigenvalue weighted by molar-refractivity contribution is -0.120. The molecular weight excluding hydrogens is 444 g/mol. The van der Waals surface area contributed by atoms with Gasteiger partial charge in [-0.2, -0.15) is 0 Å². The number of nitrogens with one attached hydrogen (secondary N) is 1. The maximum absolute atomic E-state index is 13.5. The van der Waals surface area contributed by atoms with E-state index in [4.69, 9.17) is 0 Å². The van der Waals surface area contributed by atoms with E-state index in [1.54, 1.807) is 42.5 Å². The van der Waals surface area contributed by atoms with E-state index < -0.39 is 10.0 Å². The maximum atomic E-state index is 13.5. The van der Waals surface area contributed by atoms with Crippen LogP contribution in [-0.2, 0) is 20.2 Å². The lowest BCUT2D eigenvalue weighted by Gasteiger charge is -2.26. The van der Waals surface area contributed by atoms with Crippen LogP contribution in [0.4, 0.5) is 5.69 Å². The Balaban J connectivity index is 1.85. The topological polar surface area (TPSA) is 66.5 Å². The Bertz CT molecular complexity index is 1240. The van der Waals surface area contributed by atoms with Crippen LogP contribution in [0.1, 0.15) is 56.0 Å². The van der Waals surface area contributed by atoms with Crippen LogP contribution < -0.4 is 9.62 Å². The summed E-state index contributed by atoms with van der Waals surface area (Å²) >= 11 is 0. The molecule has 0 heterocycles. The molecule has 3 aromatic carbocycles. The monoisotopic (exact) mass is 478 g/mol. The summed E-state index contributed by atoms with van der Waals surface area (Å²) in [6.07, 6.45) is 0. The summed E-state index contributed by atoms with van der Waals surface area (Å²) in [6.45, 7) is 11.8. The first-order chi connectivity index (χ1) is 15.9. The molecule has 0 aliphatic rings. The Morgan fingerprint density at radius 2 is 1.53 bits per heavy atom. The van der Waals surface area contributed by atoms with Crippen molar-refractivity contribution < 1.29 is 13.2 Å². The summed E-state index contributed by atoms with van der Waals surface area (Å²) in [4.78, 5) is 13.2. The highest BCUT2D eigenvalue weighted by Crippen LogP contribution is 2.26. The SMILES string of the molecule is Cc1ccc(S(=O)(=O)N(CC(=O)N[C@@H](C)c2ccc(C(C)(C)C)cc2)c2cccc(C)c2)cc1. The van der Waals surface area contributed by atoms with E-state index in [-0.39, 0.29) is 28.8 Å². The number of anilines is 1. The van der Waals surface area contributed by atoms with E-state index >= 15 is 0 Å². The molecule has 6 heteroatoms. The van der Waals surface area contributed by atoms with E-state index in [9.17, 15) is 13.2 Å². The number of amides is 1. The summed E-state index contributed by atoms with van der Waals surface area (Å²) < 4.78 is 28.2. The highest BCUT2D eigenvalue weighted by atomic mass is 32.2. The molecule has 0 unspecified atom stereocenters. The smallest absolute Gasteiger partial charge is 0.264 e. The fourth-order valence-electron chi connectivity index (χ4n) is 3.71. The average Bonchev–Trinajstić information content (AvgIpc) is 2.77. The molecule has 3 aromatic rings. The highest BCUT2D eigenvalue weighted by Gasteiger charge is 2.28. The van der Waals surface area contributed by atoms with Crippen LogP contribution >= 0.6 is 0 Å². The molecule has 3 rings (SSSR count). The van der Waals surface area contributed by atoms with Gasteiger partial charge in [0, 0.05) is 0 Å². The number of carbonyl (C=O) groups is 1. The number of aryl methyl sites for hydroxylation is 2. The summed E-state index contributed by atoms with van der Waals surface area (Å²) in [6, 6.07) is 21.7. The second kappa shape index (κ2) is 10.0. The minimum absolute atomic E-state index is 0.0453. The molecule has 0 fully saturated rings. The highest BCUT2D eigenvalue weighted by molar-refractivity contribution is 7.92. The molecule has 0 bridgehead atoms. The van der Waals surface area contributed by atoms with Gasteiger partial charge in [0.2, 0.25) is 5.91 Å². The van der Waals surface area contributed by atoms with E-state index in [1.165, 1.54) is 9.87 Å².